The number of amides is 1. The van der Waals surface area contributed by atoms with Gasteiger partial charge < -0.3 is 10.2 Å². The van der Waals surface area contributed by atoms with Gasteiger partial charge in [0.15, 0.2) is 6.61 Å². The topological polar surface area (TPSA) is 88.1 Å². The molecule has 0 bridgehead atoms. The number of carbonyl (C=O) groups excluding carboxylic acids is 1. The van der Waals surface area contributed by atoms with E-state index in [0.717, 1.165) is 30.4 Å². The summed E-state index contributed by atoms with van der Waals surface area (Å²) in [6, 6.07) is 14.0. The maximum Gasteiger partial charge on any atom is 0.265 e. The second-order valence-corrected chi connectivity index (χ2v) is 8.90. The minimum atomic E-state index is -3.55. The van der Waals surface area contributed by atoms with Gasteiger partial charge in [0, 0.05) is 18.8 Å². The van der Waals surface area contributed by atoms with Crippen LogP contribution in [0, 0.1) is 6.92 Å². The van der Waals surface area contributed by atoms with Crippen LogP contribution in [0.3, 0.4) is 0 Å². The Morgan fingerprint density at radius 1 is 1.14 bits per heavy atom. The first-order chi connectivity index (χ1) is 13.9. The van der Waals surface area contributed by atoms with E-state index in [1.165, 1.54) is 16.6 Å². The summed E-state index contributed by atoms with van der Waals surface area (Å²) in [5.41, 5.74) is 2.41. The van der Waals surface area contributed by atoms with Crippen LogP contribution in [0.1, 0.15) is 30.4 Å². The highest BCUT2D eigenvalue weighted by molar-refractivity contribution is 7.89. The number of benzene rings is 2. The predicted molar refractivity (Wildman–Crippen MR) is 112 cm³/mol. The number of sulfonamides is 1. The molecule has 29 heavy (non-hydrogen) atoms. The number of nitrogens with one attached hydrogen (secondary N) is 1. The van der Waals surface area contributed by atoms with Crippen LogP contribution in [0.4, 0.5) is 5.69 Å². The molecule has 1 N–H and O–H groups in total. The van der Waals surface area contributed by atoms with E-state index in [0.29, 0.717) is 18.8 Å². The Balaban J connectivity index is 1.55. The lowest BCUT2D eigenvalue weighted by Gasteiger charge is -2.26. The van der Waals surface area contributed by atoms with Gasteiger partial charge in [-0.1, -0.05) is 47.5 Å². The van der Waals surface area contributed by atoms with Crippen molar-refractivity contribution in [3.05, 3.63) is 59.7 Å². The molecule has 1 aliphatic heterocycles. The number of aryl methyl sites for hydroxylation is 1. The van der Waals surface area contributed by atoms with Crippen LogP contribution in [-0.4, -0.2) is 44.5 Å². The van der Waals surface area contributed by atoms with Gasteiger partial charge in [-0.25, -0.2) is 8.42 Å². The van der Waals surface area contributed by atoms with Crippen LogP contribution in [-0.2, 0) is 19.7 Å². The first kappa shape index (κ1) is 21.0. The van der Waals surface area contributed by atoms with Crippen molar-refractivity contribution in [3.8, 4) is 0 Å². The molecular formula is C21H25N3O4S. The van der Waals surface area contributed by atoms with Crippen LogP contribution >= 0.6 is 0 Å². The van der Waals surface area contributed by atoms with Crippen molar-refractivity contribution in [3.63, 3.8) is 0 Å². The largest absolute Gasteiger partial charge is 0.386 e. The minimum Gasteiger partial charge on any atom is -0.386 e. The number of hydrogen-bond acceptors (Lipinski definition) is 5. The third-order valence-electron chi connectivity index (χ3n) is 4.62. The fraction of sp³-hybridized carbons (Fsp3) is 0.333. The molecule has 0 unspecified atom stereocenters. The summed E-state index contributed by atoms with van der Waals surface area (Å²) in [6.45, 7) is 2.79. The van der Waals surface area contributed by atoms with E-state index in [-0.39, 0.29) is 11.5 Å². The quantitative estimate of drug-likeness (QED) is 0.556. The van der Waals surface area contributed by atoms with Crippen molar-refractivity contribution in [2.75, 3.05) is 25.0 Å². The Hall–Kier alpha value is -2.71. The minimum absolute atomic E-state index is 0.176. The van der Waals surface area contributed by atoms with Crippen LogP contribution in [0.5, 0.6) is 0 Å². The highest BCUT2D eigenvalue weighted by Crippen LogP contribution is 2.22. The van der Waals surface area contributed by atoms with Gasteiger partial charge in [0.1, 0.15) is 0 Å². The van der Waals surface area contributed by atoms with Gasteiger partial charge in [-0.3, -0.25) is 4.79 Å². The molecular weight excluding hydrogens is 390 g/mol. The number of hydrogen-bond donors (Lipinski definition) is 1. The third kappa shape index (κ3) is 5.88. The van der Waals surface area contributed by atoms with Gasteiger partial charge in [-0.15, -0.1) is 0 Å². The summed E-state index contributed by atoms with van der Waals surface area (Å²) in [5.74, 6) is -0.418. The second kappa shape index (κ2) is 9.67. The monoisotopic (exact) mass is 415 g/mol. The van der Waals surface area contributed by atoms with Crippen molar-refractivity contribution >= 4 is 27.8 Å². The molecule has 2 aromatic rings. The normalized spacial score (nSPS) is 15.3. The summed E-state index contributed by atoms with van der Waals surface area (Å²) in [4.78, 5) is 17.3. The molecule has 1 fully saturated rings. The third-order valence-corrected chi connectivity index (χ3v) is 6.51. The number of piperidine rings is 1. The van der Waals surface area contributed by atoms with Crippen molar-refractivity contribution in [2.45, 2.75) is 31.1 Å². The van der Waals surface area contributed by atoms with Gasteiger partial charge in [0.2, 0.25) is 10.0 Å². The average Bonchev–Trinajstić information content (AvgIpc) is 2.73. The SMILES string of the molecule is Cc1ccc(/C=N\OCC(=O)Nc2cccc(S(=O)(=O)N3CCCCC3)c2)cc1. The van der Waals surface area contributed by atoms with E-state index in [4.69, 9.17) is 4.84 Å². The van der Waals surface area contributed by atoms with Crippen molar-refractivity contribution < 1.29 is 18.0 Å². The molecule has 0 aromatic heterocycles. The second-order valence-electron chi connectivity index (χ2n) is 6.96. The lowest BCUT2D eigenvalue weighted by Crippen LogP contribution is -2.35. The zero-order valence-electron chi connectivity index (χ0n) is 16.4. The summed E-state index contributed by atoms with van der Waals surface area (Å²) in [7, 11) is -3.55. The van der Waals surface area contributed by atoms with E-state index in [1.54, 1.807) is 18.2 Å². The molecule has 0 atom stereocenters. The van der Waals surface area contributed by atoms with E-state index >= 15 is 0 Å². The Labute approximate surface area is 171 Å². The maximum absolute atomic E-state index is 12.8. The molecule has 1 amide bonds. The molecule has 0 spiro atoms. The Bertz CT molecular complexity index is 966. The van der Waals surface area contributed by atoms with Gasteiger partial charge >= 0.3 is 0 Å². The summed E-state index contributed by atoms with van der Waals surface area (Å²) in [5, 5.41) is 6.43. The van der Waals surface area contributed by atoms with Gasteiger partial charge in [0.25, 0.3) is 5.91 Å². The molecule has 0 saturated carbocycles. The van der Waals surface area contributed by atoms with E-state index < -0.39 is 15.9 Å². The Kier molecular flexibility index (Phi) is 7.00. The molecule has 1 heterocycles. The van der Waals surface area contributed by atoms with Gasteiger partial charge in [0.05, 0.1) is 11.1 Å². The van der Waals surface area contributed by atoms with Crippen LogP contribution in [0.25, 0.3) is 0 Å². The van der Waals surface area contributed by atoms with Gasteiger partial charge in [-0.05, 0) is 43.5 Å². The summed E-state index contributed by atoms with van der Waals surface area (Å²) < 4.78 is 27.0. The molecule has 0 aliphatic carbocycles. The number of carbonyl (C=O) groups is 1. The zero-order valence-corrected chi connectivity index (χ0v) is 17.2. The number of rotatable bonds is 7. The van der Waals surface area contributed by atoms with E-state index in [9.17, 15) is 13.2 Å². The highest BCUT2D eigenvalue weighted by Gasteiger charge is 2.26. The molecule has 0 radical (unpaired) electrons. The average molecular weight is 416 g/mol. The van der Waals surface area contributed by atoms with Crippen molar-refractivity contribution in [1.82, 2.24) is 4.31 Å². The van der Waals surface area contributed by atoms with Crippen molar-refractivity contribution in [2.24, 2.45) is 5.16 Å². The molecule has 1 aliphatic rings. The standard InChI is InChI=1S/C21H25N3O4S/c1-17-8-10-18(11-9-17)15-22-28-16-21(25)23-19-6-5-7-20(14-19)29(26,27)24-12-3-2-4-13-24/h5-11,14-15H,2-4,12-13,16H2,1H3,(H,23,25)/b22-15-. The zero-order chi connectivity index (χ0) is 20.7. The van der Waals surface area contributed by atoms with E-state index in [2.05, 4.69) is 10.5 Å². The van der Waals surface area contributed by atoms with E-state index in [1.807, 2.05) is 31.2 Å². The maximum atomic E-state index is 12.8. The van der Waals surface area contributed by atoms with Gasteiger partial charge in [-0.2, -0.15) is 4.31 Å². The number of oxime groups is 1. The van der Waals surface area contributed by atoms with Crippen LogP contribution in [0.15, 0.2) is 58.6 Å². The van der Waals surface area contributed by atoms with Crippen LogP contribution < -0.4 is 5.32 Å². The first-order valence-corrected chi connectivity index (χ1v) is 11.0. The van der Waals surface area contributed by atoms with Crippen molar-refractivity contribution in [1.29, 1.82) is 0 Å². The Morgan fingerprint density at radius 3 is 2.59 bits per heavy atom. The number of anilines is 1. The molecule has 1 saturated heterocycles. The lowest BCUT2D eigenvalue weighted by atomic mass is 10.2. The smallest absolute Gasteiger partial charge is 0.265 e. The molecule has 3 rings (SSSR count). The summed E-state index contributed by atoms with van der Waals surface area (Å²) in [6.07, 6.45) is 4.32. The fourth-order valence-corrected chi connectivity index (χ4v) is 4.60. The first-order valence-electron chi connectivity index (χ1n) is 9.57. The predicted octanol–water partition coefficient (Wildman–Crippen LogP) is 3.16. The fourth-order valence-electron chi connectivity index (χ4n) is 3.03. The number of nitrogens with zero attached hydrogens (tertiary/aromatic N) is 2. The highest BCUT2D eigenvalue weighted by atomic mass is 32.2. The van der Waals surface area contributed by atoms with Crippen LogP contribution in [0.2, 0.25) is 0 Å². The summed E-state index contributed by atoms with van der Waals surface area (Å²) >= 11 is 0. The lowest BCUT2D eigenvalue weighted by molar-refractivity contribution is -0.120. The molecule has 154 valence electrons. The Morgan fingerprint density at radius 2 is 1.86 bits per heavy atom. The molecule has 2 aromatic carbocycles. The molecule has 7 nitrogen and oxygen atoms in total. The molecule has 8 heteroatoms.